The van der Waals surface area contributed by atoms with Gasteiger partial charge in [0.2, 0.25) is 0 Å². The van der Waals surface area contributed by atoms with Crippen LogP contribution in [0.2, 0.25) is 0 Å². The molecule has 1 aromatic rings. The highest BCUT2D eigenvalue weighted by Gasteiger charge is 2.21. The molecular weight excluding hydrogens is 182 g/mol. The van der Waals surface area contributed by atoms with Gasteiger partial charge in [0, 0.05) is 19.5 Å². The van der Waals surface area contributed by atoms with Gasteiger partial charge in [-0.2, -0.15) is 5.10 Å². The molecule has 0 saturated carbocycles. The molecule has 0 saturated heterocycles. The number of rotatable bonds is 4. The van der Waals surface area contributed by atoms with E-state index in [0.29, 0.717) is 18.0 Å². The Kier molecular flexibility index (Phi) is 3.24. The number of carbonyl (C=O) groups is 1. The van der Waals surface area contributed by atoms with Gasteiger partial charge in [-0.1, -0.05) is 6.92 Å². The summed E-state index contributed by atoms with van der Waals surface area (Å²) in [6.07, 6.45) is 1.52. The largest absolute Gasteiger partial charge is 0.493 e. The van der Waals surface area contributed by atoms with Crippen LogP contribution in [0.15, 0.2) is 6.20 Å². The molecule has 1 unspecified atom stereocenters. The summed E-state index contributed by atoms with van der Waals surface area (Å²) in [5.74, 6) is 0.251. The summed E-state index contributed by atoms with van der Waals surface area (Å²) >= 11 is 0. The number of Topliss-reactive ketones (excluding diaryl/α,β-unsaturated/α-hetero) is 1. The SMILES string of the molecule is COc1cnn(C)c1C(=O)C(C)CN. The molecule has 0 spiro atoms. The van der Waals surface area contributed by atoms with Crippen molar-refractivity contribution in [1.82, 2.24) is 9.78 Å². The molecule has 14 heavy (non-hydrogen) atoms. The number of hydrogen-bond donors (Lipinski definition) is 1. The lowest BCUT2D eigenvalue weighted by Crippen LogP contribution is -2.23. The van der Waals surface area contributed by atoms with Crippen LogP contribution in [-0.2, 0) is 7.05 Å². The van der Waals surface area contributed by atoms with Gasteiger partial charge in [-0.05, 0) is 0 Å². The molecule has 1 heterocycles. The average Bonchev–Trinajstić information content (AvgIpc) is 2.57. The molecule has 78 valence electrons. The van der Waals surface area contributed by atoms with Crippen molar-refractivity contribution in [2.45, 2.75) is 6.92 Å². The van der Waals surface area contributed by atoms with Gasteiger partial charge in [0.1, 0.15) is 5.69 Å². The maximum absolute atomic E-state index is 11.8. The fraction of sp³-hybridized carbons (Fsp3) is 0.556. The molecule has 1 aromatic heterocycles. The molecule has 0 aliphatic carbocycles. The second kappa shape index (κ2) is 4.23. The van der Waals surface area contributed by atoms with Gasteiger partial charge in [0.15, 0.2) is 11.5 Å². The second-order valence-corrected chi connectivity index (χ2v) is 3.19. The Hall–Kier alpha value is -1.36. The third-order valence-electron chi connectivity index (χ3n) is 2.16. The number of hydrogen-bond acceptors (Lipinski definition) is 4. The fourth-order valence-corrected chi connectivity index (χ4v) is 1.19. The Morgan fingerprint density at radius 2 is 2.43 bits per heavy atom. The van der Waals surface area contributed by atoms with E-state index >= 15 is 0 Å². The topological polar surface area (TPSA) is 70.1 Å². The summed E-state index contributed by atoms with van der Waals surface area (Å²) in [6.45, 7) is 2.11. The van der Waals surface area contributed by atoms with Crippen LogP contribution in [0.3, 0.4) is 0 Å². The molecule has 0 amide bonds. The number of nitrogens with zero attached hydrogens (tertiary/aromatic N) is 2. The highest BCUT2D eigenvalue weighted by Crippen LogP contribution is 2.19. The molecule has 0 aliphatic heterocycles. The van der Waals surface area contributed by atoms with Crippen molar-refractivity contribution in [3.8, 4) is 5.75 Å². The average molecular weight is 197 g/mol. The molecular formula is C9H15N3O2. The normalized spacial score (nSPS) is 12.6. The summed E-state index contributed by atoms with van der Waals surface area (Å²) in [6, 6.07) is 0. The monoisotopic (exact) mass is 197 g/mol. The fourth-order valence-electron chi connectivity index (χ4n) is 1.19. The van der Waals surface area contributed by atoms with Crippen molar-refractivity contribution in [1.29, 1.82) is 0 Å². The van der Waals surface area contributed by atoms with E-state index in [1.54, 1.807) is 14.0 Å². The first-order valence-corrected chi connectivity index (χ1v) is 4.42. The van der Waals surface area contributed by atoms with Crippen molar-refractivity contribution in [2.24, 2.45) is 18.7 Å². The number of ether oxygens (including phenoxy) is 1. The molecule has 1 rings (SSSR count). The summed E-state index contributed by atoms with van der Waals surface area (Å²) in [5.41, 5.74) is 5.91. The van der Waals surface area contributed by atoms with Crippen LogP contribution in [0.4, 0.5) is 0 Å². The molecule has 1 atom stereocenters. The van der Waals surface area contributed by atoms with Gasteiger partial charge < -0.3 is 10.5 Å². The first kappa shape index (κ1) is 10.7. The maximum atomic E-state index is 11.8. The zero-order valence-corrected chi connectivity index (χ0v) is 8.65. The van der Waals surface area contributed by atoms with E-state index in [-0.39, 0.29) is 11.7 Å². The highest BCUT2D eigenvalue weighted by molar-refractivity contribution is 5.98. The number of carbonyl (C=O) groups excluding carboxylic acids is 1. The molecule has 0 radical (unpaired) electrons. The minimum atomic E-state index is -0.209. The van der Waals surface area contributed by atoms with Crippen molar-refractivity contribution in [2.75, 3.05) is 13.7 Å². The molecule has 0 fully saturated rings. The zero-order valence-electron chi connectivity index (χ0n) is 8.65. The highest BCUT2D eigenvalue weighted by atomic mass is 16.5. The predicted octanol–water partition coefficient (Wildman–Crippen LogP) is 0.206. The van der Waals surface area contributed by atoms with Gasteiger partial charge in [-0.15, -0.1) is 0 Å². The van der Waals surface area contributed by atoms with E-state index < -0.39 is 0 Å². The third kappa shape index (κ3) is 1.77. The molecule has 5 heteroatoms. The molecule has 0 aliphatic rings. The van der Waals surface area contributed by atoms with E-state index in [1.807, 2.05) is 0 Å². The lowest BCUT2D eigenvalue weighted by Gasteiger charge is -2.08. The Balaban J connectivity index is 3.04. The smallest absolute Gasteiger partial charge is 0.188 e. The van der Waals surface area contributed by atoms with Crippen molar-refractivity contribution < 1.29 is 9.53 Å². The number of methoxy groups -OCH3 is 1. The van der Waals surface area contributed by atoms with Crippen LogP contribution in [0.25, 0.3) is 0 Å². The standard InChI is InChI=1S/C9H15N3O2/c1-6(4-10)9(13)8-7(14-3)5-11-12(8)2/h5-6H,4,10H2,1-3H3. The third-order valence-corrected chi connectivity index (χ3v) is 2.16. The maximum Gasteiger partial charge on any atom is 0.188 e. The lowest BCUT2D eigenvalue weighted by atomic mass is 10.0. The van der Waals surface area contributed by atoms with E-state index in [9.17, 15) is 4.79 Å². The molecule has 0 aromatic carbocycles. The van der Waals surface area contributed by atoms with Crippen molar-refractivity contribution in [3.63, 3.8) is 0 Å². The second-order valence-electron chi connectivity index (χ2n) is 3.19. The van der Waals surface area contributed by atoms with Crippen molar-refractivity contribution in [3.05, 3.63) is 11.9 Å². The van der Waals surface area contributed by atoms with Crippen LogP contribution in [0, 0.1) is 5.92 Å². The number of aromatic nitrogens is 2. The van der Waals surface area contributed by atoms with Crippen LogP contribution in [0.5, 0.6) is 5.75 Å². The van der Waals surface area contributed by atoms with E-state index in [2.05, 4.69) is 5.10 Å². The lowest BCUT2D eigenvalue weighted by molar-refractivity contribution is 0.0921. The van der Waals surface area contributed by atoms with Gasteiger partial charge in [-0.3, -0.25) is 9.48 Å². The van der Waals surface area contributed by atoms with E-state index in [1.165, 1.54) is 18.0 Å². The Bertz CT molecular complexity index is 333. The number of ketones is 1. The Morgan fingerprint density at radius 1 is 1.79 bits per heavy atom. The van der Waals surface area contributed by atoms with Crippen LogP contribution in [0.1, 0.15) is 17.4 Å². The Morgan fingerprint density at radius 3 is 2.93 bits per heavy atom. The molecule has 0 bridgehead atoms. The first-order chi connectivity index (χ1) is 6.61. The number of nitrogens with two attached hydrogens (primary N) is 1. The predicted molar refractivity (Wildman–Crippen MR) is 52.3 cm³/mol. The van der Waals surface area contributed by atoms with Crippen LogP contribution in [-0.4, -0.2) is 29.2 Å². The van der Waals surface area contributed by atoms with Gasteiger partial charge in [-0.25, -0.2) is 0 Å². The summed E-state index contributed by atoms with van der Waals surface area (Å²) < 4.78 is 6.54. The minimum Gasteiger partial charge on any atom is -0.493 e. The molecule has 2 N–H and O–H groups in total. The van der Waals surface area contributed by atoms with Gasteiger partial charge >= 0.3 is 0 Å². The summed E-state index contributed by atoms with van der Waals surface area (Å²) in [4.78, 5) is 11.8. The van der Waals surface area contributed by atoms with Crippen LogP contribution >= 0.6 is 0 Å². The first-order valence-electron chi connectivity index (χ1n) is 4.42. The Labute approximate surface area is 82.8 Å². The number of aryl methyl sites for hydroxylation is 1. The molecule has 5 nitrogen and oxygen atoms in total. The summed E-state index contributed by atoms with van der Waals surface area (Å²) in [7, 11) is 3.22. The summed E-state index contributed by atoms with van der Waals surface area (Å²) in [5, 5.41) is 3.96. The van der Waals surface area contributed by atoms with Gasteiger partial charge in [0.25, 0.3) is 0 Å². The zero-order chi connectivity index (χ0) is 10.7. The van der Waals surface area contributed by atoms with Crippen molar-refractivity contribution >= 4 is 5.78 Å². The van der Waals surface area contributed by atoms with E-state index in [4.69, 9.17) is 10.5 Å². The van der Waals surface area contributed by atoms with Gasteiger partial charge in [0.05, 0.1) is 13.3 Å². The minimum absolute atomic E-state index is 0.0376. The van der Waals surface area contributed by atoms with Crippen LogP contribution < -0.4 is 10.5 Å². The van der Waals surface area contributed by atoms with E-state index in [0.717, 1.165) is 0 Å². The quantitative estimate of drug-likeness (QED) is 0.700.